The molecule has 0 aromatic heterocycles. The summed E-state index contributed by atoms with van der Waals surface area (Å²) >= 11 is 0. The fourth-order valence-electron chi connectivity index (χ4n) is 5.28. The van der Waals surface area contributed by atoms with Crippen molar-refractivity contribution in [1.82, 2.24) is 4.90 Å². The highest BCUT2D eigenvalue weighted by atomic mass is 19.4. The van der Waals surface area contributed by atoms with E-state index in [-0.39, 0.29) is 11.1 Å². The molecule has 4 aromatic carbocycles. The van der Waals surface area contributed by atoms with Gasteiger partial charge in [-0.15, -0.1) is 0 Å². The van der Waals surface area contributed by atoms with E-state index in [2.05, 4.69) is 10.2 Å². The first kappa shape index (κ1) is 30.4. The summed E-state index contributed by atoms with van der Waals surface area (Å²) in [5.41, 5.74) is 1.35. The van der Waals surface area contributed by atoms with E-state index in [9.17, 15) is 31.4 Å². The Morgan fingerprint density at radius 3 is 1.51 bits per heavy atom. The number of aryl methyl sites for hydroxylation is 1. The third kappa shape index (κ3) is 6.95. The van der Waals surface area contributed by atoms with Crippen LogP contribution in [0.5, 0.6) is 0 Å². The van der Waals surface area contributed by atoms with Crippen molar-refractivity contribution in [3.63, 3.8) is 0 Å². The number of aliphatic hydroxyl groups is 1. The van der Waals surface area contributed by atoms with Crippen molar-refractivity contribution in [3.8, 4) is 0 Å². The van der Waals surface area contributed by atoms with Crippen LogP contribution < -0.4 is 5.32 Å². The Labute approximate surface area is 246 Å². The summed E-state index contributed by atoms with van der Waals surface area (Å²) in [5, 5.41) is 15.4. The third-order valence-corrected chi connectivity index (χ3v) is 7.72. The Hall–Kier alpha value is -4.08. The molecule has 1 aliphatic rings. The lowest BCUT2D eigenvalue weighted by atomic mass is 9.77. The van der Waals surface area contributed by atoms with Crippen molar-refractivity contribution in [1.29, 1.82) is 0 Å². The number of hydrogen-bond donors (Lipinski definition) is 2. The highest BCUT2D eigenvalue weighted by Crippen LogP contribution is 2.42. The van der Waals surface area contributed by atoms with Crippen LogP contribution in [0.3, 0.4) is 0 Å². The monoisotopic (exact) mass is 596 g/mol. The number of alkyl halides is 6. The van der Waals surface area contributed by atoms with Crippen molar-refractivity contribution in [2.75, 3.05) is 18.4 Å². The van der Waals surface area contributed by atoms with Gasteiger partial charge in [0.25, 0.3) is 0 Å². The summed E-state index contributed by atoms with van der Waals surface area (Å²) in [6, 6.07) is 24.3. The van der Waals surface area contributed by atoms with Crippen molar-refractivity contribution < 1.29 is 31.4 Å². The molecule has 1 heterocycles. The molecule has 0 spiro atoms. The minimum atomic E-state index is -4.56. The van der Waals surface area contributed by atoms with Gasteiger partial charge in [-0.05, 0) is 84.1 Å². The Balaban J connectivity index is 1.35. The van der Waals surface area contributed by atoms with E-state index in [0.717, 1.165) is 41.2 Å². The molecule has 0 saturated carbocycles. The maximum absolute atomic E-state index is 13.2. The van der Waals surface area contributed by atoms with E-state index < -0.39 is 29.1 Å². The Bertz CT molecular complexity index is 1500. The summed E-state index contributed by atoms with van der Waals surface area (Å²) in [6.45, 7) is 3.65. The summed E-state index contributed by atoms with van der Waals surface area (Å²) in [7, 11) is 0. The normalized spacial score (nSPS) is 14.8. The van der Waals surface area contributed by atoms with Crippen LogP contribution in [-0.2, 0) is 24.5 Å². The van der Waals surface area contributed by atoms with Gasteiger partial charge < -0.3 is 10.4 Å². The van der Waals surface area contributed by atoms with Crippen LogP contribution >= 0.6 is 0 Å². The number of nitrogens with one attached hydrogen (secondary N) is 1. The van der Waals surface area contributed by atoms with Crippen LogP contribution in [0, 0.1) is 6.92 Å². The molecule has 0 atom stereocenters. The topological polar surface area (TPSA) is 35.5 Å². The zero-order valence-corrected chi connectivity index (χ0v) is 23.3. The molecule has 5 rings (SSSR count). The Morgan fingerprint density at radius 2 is 1.09 bits per heavy atom. The number of halogens is 6. The van der Waals surface area contributed by atoms with E-state index >= 15 is 0 Å². The second kappa shape index (κ2) is 11.9. The highest BCUT2D eigenvalue weighted by molar-refractivity contribution is 5.60. The van der Waals surface area contributed by atoms with Gasteiger partial charge >= 0.3 is 12.4 Å². The molecular weight excluding hydrogens is 566 g/mol. The van der Waals surface area contributed by atoms with E-state index in [4.69, 9.17) is 0 Å². The maximum atomic E-state index is 13.2. The highest BCUT2D eigenvalue weighted by Gasteiger charge is 2.39. The molecule has 1 aliphatic heterocycles. The van der Waals surface area contributed by atoms with Crippen LogP contribution in [0.2, 0.25) is 0 Å². The van der Waals surface area contributed by atoms with E-state index in [1.165, 1.54) is 29.8 Å². The van der Waals surface area contributed by atoms with Gasteiger partial charge in [0, 0.05) is 31.0 Å². The van der Waals surface area contributed by atoms with Gasteiger partial charge in [0.15, 0.2) is 0 Å². The summed E-state index contributed by atoms with van der Waals surface area (Å²) in [5.74, 6) is 0. The Morgan fingerprint density at radius 1 is 0.651 bits per heavy atom. The lowest BCUT2D eigenvalue weighted by Gasteiger charge is -2.37. The second-order valence-electron chi connectivity index (χ2n) is 10.8. The third-order valence-electron chi connectivity index (χ3n) is 7.72. The average Bonchev–Trinajstić information content (AvgIpc) is 2.98. The van der Waals surface area contributed by atoms with Crippen molar-refractivity contribution in [2.24, 2.45) is 0 Å². The zero-order chi connectivity index (χ0) is 30.8. The van der Waals surface area contributed by atoms with Crippen molar-refractivity contribution in [3.05, 3.63) is 142 Å². The minimum Gasteiger partial charge on any atom is -0.376 e. The molecule has 4 aromatic rings. The predicted octanol–water partition coefficient (Wildman–Crippen LogP) is 8.84. The summed E-state index contributed by atoms with van der Waals surface area (Å²) in [6.07, 6.45) is -6.95. The fourth-order valence-corrected chi connectivity index (χ4v) is 5.28. The van der Waals surface area contributed by atoms with Gasteiger partial charge in [-0.1, -0.05) is 60.2 Å². The standard InChI is InChI=1S/C34H30F6N2O/c1-23-2-14-30(15-3-23)41-31-16-4-24(5-17-31)22-42-20-18-27(19-21-42)32(43,25-6-10-28(11-7-25)33(35,36)37)26-8-12-29(13-9-26)34(38,39)40/h2-18,41,43H,19-22H2,1H3. The number of benzene rings is 4. The minimum absolute atomic E-state index is 0.150. The smallest absolute Gasteiger partial charge is 0.376 e. The largest absolute Gasteiger partial charge is 0.416 e. The van der Waals surface area contributed by atoms with Crippen LogP contribution in [0.15, 0.2) is 109 Å². The predicted molar refractivity (Wildman–Crippen MR) is 155 cm³/mol. The zero-order valence-electron chi connectivity index (χ0n) is 23.3. The van der Waals surface area contributed by atoms with Gasteiger partial charge in [0.2, 0.25) is 0 Å². The first-order chi connectivity index (χ1) is 20.3. The quantitative estimate of drug-likeness (QED) is 0.165. The molecule has 3 nitrogen and oxygen atoms in total. The second-order valence-corrected chi connectivity index (χ2v) is 10.8. The Kier molecular flexibility index (Phi) is 8.40. The van der Waals surface area contributed by atoms with Gasteiger partial charge in [0.1, 0.15) is 5.60 Å². The molecule has 0 saturated heterocycles. The molecular formula is C34H30F6N2O. The number of nitrogens with zero attached hydrogens (tertiary/aromatic N) is 1. The molecule has 9 heteroatoms. The molecule has 0 amide bonds. The average molecular weight is 597 g/mol. The van der Waals surface area contributed by atoms with Gasteiger partial charge in [0.05, 0.1) is 11.1 Å². The van der Waals surface area contributed by atoms with Crippen LogP contribution in [0.1, 0.15) is 39.8 Å². The van der Waals surface area contributed by atoms with Crippen LogP contribution in [0.25, 0.3) is 0 Å². The molecule has 43 heavy (non-hydrogen) atoms. The molecule has 224 valence electrons. The van der Waals surface area contributed by atoms with Crippen LogP contribution in [-0.4, -0.2) is 23.1 Å². The van der Waals surface area contributed by atoms with Gasteiger partial charge in [-0.3, -0.25) is 4.90 Å². The molecule has 0 aliphatic carbocycles. The van der Waals surface area contributed by atoms with E-state index in [1.807, 2.05) is 61.5 Å². The molecule has 2 N–H and O–H groups in total. The number of rotatable bonds is 7. The lowest BCUT2D eigenvalue weighted by molar-refractivity contribution is -0.138. The first-order valence-electron chi connectivity index (χ1n) is 13.7. The van der Waals surface area contributed by atoms with Gasteiger partial charge in [-0.25, -0.2) is 0 Å². The summed E-state index contributed by atoms with van der Waals surface area (Å²) in [4.78, 5) is 2.16. The van der Waals surface area contributed by atoms with Crippen molar-refractivity contribution in [2.45, 2.75) is 37.8 Å². The lowest BCUT2D eigenvalue weighted by Crippen LogP contribution is -2.37. The molecule has 0 radical (unpaired) electrons. The fraction of sp³-hybridized carbons (Fsp3) is 0.235. The molecule has 0 fully saturated rings. The molecule has 0 unspecified atom stereocenters. The van der Waals surface area contributed by atoms with Crippen molar-refractivity contribution >= 4 is 11.4 Å². The number of anilines is 2. The number of hydrogen-bond acceptors (Lipinski definition) is 3. The van der Waals surface area contributed by atoms with E-state index in [0.29, 0.717) is 31.6 Å². The SMILES string of the molecule is Cc1ccc(Nc2ccc(CN3CC=C(C(O)(c4ccc(C(F)(F)F)cc4)c4ccc(C(F)(F)F)cc4)CC3)cc2)cc1. The maximum Gasteiger partial charge on any atom is 0.416 e. The summed E-state index contributed by atoms with van der Waals surface area (Å²) < 4.78 is 79.3. The van der Waals surface area contributed by atoms with E-state index in [1.54, 1.807) is 0 Å². The first-order valence-corrected chi connectivity index (χ1v) is 13.7. The van der Waals surface area contributed by atoms with Gasteiger partial charge in [-0.2, -0.15) is 26.3 Å². The molecule has 0 bridgehead atoms. The van der Waals surface area contributed by atoms with Crippen LogP contribution in [0.4, 0.5) is 37.7 Å².